The first-order chi connectivity index (χ1) is 7.11. The topological polar surface area (TPSA) is 12.0 Å². The van der Waals surface area contributed by atoms with Crippen LogP contribution in [0.25, 0.3) is 0 Å². The van der Waals surface area contributed by atoms with E-state index < -0.39 is 0 Å². The lowest BCUT2D eigenvalue weighted by atomic mass is 10.0. The molecule has 1 aliphatic rings. The highest BCUT2D eigenvalue weighted by molar-refractivity contribution is 7.12. The van der Waals surface area contributed by atoms with Gasteiger partial charge in [-0.25, -0.2) is 0 Å². The first-order valence-electron chi connectivity index (χ1n) is 5.97. The molecule has 2 heterocycles. The third kappa shape index (κ3) is 2.11. The first kappa shape index (κ1) is 11.2. The fraction of sp³-hybridized carbons (Fsp3) is 0.692. The van der Waals surface area contributed by atoms with E-state index in [0.717, 1.165) is 0 Å². The standard InChI is InChI=1S/C13H21NS/c1-5-12-10(4)11-6-8(2)14-9(3)7-13(11)15-12/h8-9,14H,5-7H2,1-4H3. The van der Waals surface area contributed by atoms with E-state index in [1.165, 1.54) is 19.3 Å². The molecule has 0 saturated carbocycles. The van der Waals surface area contributed by atoms with Crippen molar-refractivity contribution in [3.63, 3.8) is 0 Å². The average molecular weight is 223 g/mol. The number of aryl methyl sites for hydroxylation is 1. The number of hydrogen-bond donors (Lipinski definition) is 1. The Balaban J connectivity index is 2.39. The molecule has 0 fully saturated rings. The zero-order chi connectivity index (χ0) is 11.0. The Bertz CT molecular complexity index is 354. The molecule has 1 aromatic heterocycles. The lowest BCUT2D eigenvalue weighted by Gasteiger charge is -2.15. The van der Waals surface area contributed by atoms with Crippen molar-refractivity contribution in [1.29, 1.82) is 0 Å². The van der Waals surface area contributed by atoms with Crippen LogP contribution >= 0.6 is 11.3 Å². The van der Waals surface area contributed by atoms with Crippen LogP contribution in [-0.4, -0.2) is 12.1 Å². The molecular formula is C13H21NS. The van der Waals surface area contributed by atoms with Gasteiger partial charge in [0.15, 0.2) is 0 Å². The summed E-state index contributed by atoms with van der Waals surface area (Å²) in [6.45, 7) is 9.17. The van der Waals surface area contributed by atoms with Crippen LogP contribution in [-0.2, 0) is 19.3 Å². The van der Waals surface area contributed by atoms with E-state index in [-0.39, 0.29) is 0 Å². The van der Waals surface area contributed by atoms with Crippen molar-refractivity contribution in [3.8, 4) is 0 Å². The second-order valence-electron chi connectivity index (χ2n) is 4.78. The minimum atomic E-state index is 0.624. The third-order valence-corrected chi connectivity index (χ3v) is 4.85. The molecule has 2 unspecified atom stereocenters. The molecule has 2 rings (SSSR count). The highest BCUT2D eigenvalue weighted by Crippen LogP contribution is 2.32. The Morgan fingerprint density at radius 2 is 1.93 bits per heavy atom. The molecule has 0 spiro atoms. The van der Waals surface area contributed by atoms with Crippen LogP contribution in [0.3, 0.4) is 0 Å². The van der Waals surface area contributed by atoms with Crippen molar-refractivity contribution in [1.82, 2.24) is 5.32 Å². The van der Waals surface area contributed by atoms with Gasteiger partial charge in [0.25, 0.3) is 0 Å². The Kier molecular flexibility index (Phi) is 3.17. The van der Waals surface area contributed by atoms with Crippen LogP contribution in [0.4, 0.5) is 0 Å². The minimum Gasteiger partial charge on any atom is -0.311 e. The number of hydrogen-bond acceptors (Lipinski definition) is 2. The maximum absolute atomic E-state index is 3.65. The lowest BCUT2D eigenvalue weighted by molar-refractivity contribution is 0.480. The summed E-state index contributed by atoms with van der Waals surface area (Å²) in [5.74, 6) is 0. The molecule has 0 amide bonds. The number of fused-ring (bicyclic) bond motifs is 1. The van der Waals surface area contributed by atoms with Gasteiger partial charge < -0.3 is 5.32 Å². The van der Waals surface area contributed by atoms with Gasteiger partial charge in [0.05, 0.1) is 0 Å². The predicted octanol–water partition coefficient (Wildman–Crippen LogP) is 3.08. The van der Waals surface area contributed by atoms with Gasteiger partial charge in [-0.2, -0.15) is 0 Å². The van der Waals surface area contributed by atoms with Crippen molar-refractivity contribution in [2.75, 3.05) is 0 Å². The zero-order valence-corrected chi connectivity index (χ0v) is 11.0. The molecule has 0 radical (unpaired) electrons. The lowest BCUT2D eigenvalue weighted by Crippen LogP contribution is -2.34. The summed E-state index contributed by atoms with van der Waals surface area (Å²) < 4.78 is 0. The Morgan fingerprint density at radius 1 is 1.27 bits per heavy atom. The van der Waals surface area contributed by atoms with Gasteiger partial charge in [-0.3, -0.25) is 0 Å². The summed E-state index contributed by atoms with van der Waals surface area (Å²) >= 11 is 2.04. The smallest absolute Gasteiger partial charge is 0.00988 e. The molecule has 2 atom stereocenters. The molecule has 1 nitrogen and oxygen atoms in total. The third-order valence-electron chi connectivity index (χ3n) is 3.35. The van der Waals surface area contributed by atoms with Crippen LogP contribution in [0.5, 0.6) is 0 Å². The van der Waals surface area contributed by atoms with Gasteiger partial charge in [-0.15, -0.1) is 11.3 Å². The molecule has 0 bridgehead atoms. The van der Waals surface area contributed by atoms with Crippen LogP contribution < -0.4 is 5.32 Å². The quantitative estimate of drug-likeness (QED) is 0.771. The SMILES string of the molecule is CCc1sc2c(c1C)CC(C)NC(C)C2. The Labute approximate surface area is 96.9 Å². The molecule has 84 valence electrons. The maximum Gasteiger partial charge on any atom is 0.00988 e. The number of thiophene rings is 1. The number of rotatable bonds is 1. The summed E-state index contributed by atoms with van der Waals surface area (Å²) in [7, 11) is 0. The van der Waals surface area contributed by atoms with E-state index in [9.17, 15) is 0 Å². The second-order valence-corrected chi connectivity index (χ2v) is 5.97. The van der Waals surface area contributed by atoms with Crippen molar-refractivity contribution in [3.05, 3.63) is 20.9 Å². The fourth-order valence-electron chi connectivity index (χ4n) is 2.62. The van der Waals surface area contributed by atoms with E-state index >= 15 is 0 Å². The normalized spacial score (nSPS) is 26.1. The van der Waals surface area contributed by atoms with Crippen LogP contribution in [0, 0.1) is 6.92 Å². The molecule has 0 saturated heterocycles. The van der Waals surface area contributed by atoms with E-state index in [1.807, 2.05) is 11.3 Å². The molecule has 2 heteroatoms. The van der Waals surface area contributed by atoms with Crippen molar-refractivity contribution in [2.45, 2.75) is 59.0 Å². The Morgan fingerprint density at radius 3 is 2.60 bits per heavy atom. The summed E-state index contributed by atoms with van der Waals surface area (Å²) in [6, 6.07) is 1.25. The molecule has 1 aliphatic heterocycles. The molecular weight excluding hydrogens is 202 g/mol. The van der Waals surface area contributed by atoms with Crippen LogP contribution in [0.15, 0.2) is 0 Å². The summed E-state index contributed by atoms with van der Waals surface area (Å²) in [6.07, 6.45) is 3.62. The van der Waals surface area contributed by atoms with Crippen LogP contribution in [0.2, 0.25) is 0 Å². The molecule has 0 aliphatic carbocycles. The van der Waals surface area contributed by atoms with E-state index in [4.69, 9.17) is 0 Å². The largest absolute Gasteiger partial charge is 0.311 e. The Hall–Kier alpha value is -0.340. The molecule has 15 heavy (non-hydrogen) atoms. The molecule has 1 N–H and O–H groups in total. The van der Waals surface area contributed by atoms with Gasteiger partial charge in [-0.1, -0.05) is 6.92 Å². The average Bonchev–Trinajstić information content (AvgIpc) is 2.38. The predicted molar refractivity (Wildman–Crippen MR) is 67.9 cm³/mol. The minimum absolute atomic E-state index is 0.624. The summed E-state index contributed by atoms with van der Waals surface area (Å²) in [4.78, 5) is 3.23. The highest BCUT2D eigenvalue weighted by Gasteiger charge is 2.22. The van der Waals surface area contributed by atoms with Gasteiger partial charge in [-0.05, 0) is 51.2 Å². The highest BCUT2D eigenvalue weighted by atomic mass is 32.1. The van der Waals surface area contributed by atoms with Gasteiger partial charge in [0.2, 0.25) is 0 Å². The second kappa shape index (κ2) is 4.26. The van der Waals surface area contributed by atoms with Gasteiger partial charge >= 0.3 is 0 Å². The van der Waals surface area contributed by atoms with Crippen molar-refractivity contribution >= 4 is 11.3 Å². The zero-order valence-electron chi connectivity index (χ0n) is 10.2. The van der Waals surface area contributed by atoms with E-state index in [0.29, 0.717) is 12.1 Å². The fourth-order valence-corrected chi connectivity index (χ4v) is 4.03. The molecule has 1 aromatic rings. The van der Waals surface area contributed by atoms with Gasteiger partial charge in [0.1, 0.15) is 0 Å². The van der Waals surface area contributed by atoms with Crippen LogP contribution in [0.1, 0.15) is 41.7 Å². The maximum atomic E-state index is 3.65. The van der Waals surface area contributed by atoms with Gasteiger partial charge in [0, 0.05) is 21.8 Å². The summed E-state index contributed by atoms with van der Waals surface area (Å²) in [5, 5.41) is 3.65. The molecule has 0 aromatic carbocycles. The number of nitrogens with one attached hydrogen (secondary N) is 1. The van der Waals surface area contributed by atoms with Crippen molar-refractivity contribution in [2.24, 2.45) is 0 Å². The van der Waals surface area contributed by atoms with Crippen molar-refractivity contribution < 1.29 is 0 Å². The first-order valence-corrected chi connectivity index (χ1v) is 6.79. The monoisotopic (exact) mass is 223 g/mol. The summed E-state index contributed by atoms with van der Waals surface area (Å²) in [5.41, 5.74) is 3.21. The van der Waals surface area contributed by atoms with E-state index in [2.05, 4.69) is 33.0 Å². The van der Waals surface area contributed by atoms with E-state index in [1.54, 1.807) is 20.9 Å².